The van der Waals surface area contributed by atoms with Crippen molar-refractivity contribution in [2.24, 2.45) is 0 Å². The Labute approximate surface area is 513 Å². The largest absolute Gasteiger partial charge is 0.545 e. The van der Waals surface area contributed by atoms with Crippen LogP contribution in [0.3, 0.4) is 0 Å². The van der Waals surface area contributed by atoms with Crippen LogP contribution < -0.4 is 5.11 Å². The molecule has 482 valence electrons. The van der Waals surface area contributed by atoms with E-state index in [1.54, 1.807) is 0 Å². The van der Waals surface area contributed by atoms with Gasteiger partial charge in [0.1, 0.15) is 13.2 Å². The van der Waals surface area contributed by atoms with Gasteiger partial charge in [-0.05, 0) is 83.5 Å². The fourth-order valence-corrected chi connectivity index (χ4v) is 10.1. The Balaban J connectivity index is 4.08. The molecule has 2 atom stereocenters. The lowest BCUT2D eigenvalue weighted by molar-refractivity contribution is -0.870. The van der Waals surface area contributed by atoms with Gasteiger partial charge in [0, 0.05) is 12.8 Å². The van der Waals surface area contributed by atoms with Gasteiger partial charge in [-0.15, -0.1) is 0 Å². The van der Waals surface area contributed by atoms with Crippen LogP contribution in [0.4, 0.5) is 0 Å². The van der Waals surface area contributed by atoms with Gasteiger partial charge in [0.2, 0.25) is 0 Å². The molecule has 83 heavy (non-hydrogen) atoms. The average molecular weight is 1160 g/mol. The smallest absolute Gasteiger partial charge is 0.306 e. The summed E-state index contributed by atoms with van der Waals surface area (Å²) in [5.41, 5.74) is 0. The molecule has 2 unspecified atom stereocenters. The van der Waals surface area contributed by atoms with E-state index in [0.29, 0.717) is 23.9 Å². The molecule has 0 N–H and O–H groups in total. The third-order valence-corrected chi connectivity index (χ3v) is 15.4. The first-order chi connectivity index (χ1) is 40.6. The highest BCUT2D eigenvalue weighted by molar-refractivity contribution is 5.70. The molecule has 0 aliphatic carbocycles. The Bertz CT molecular complexity index is 1590. The zero-order valence-electron chi connectivity index (χ0n) is 55.1. The van der Waals surface area contributed by atoms with Gasteiger partial charge < -0.3 is 33.3 Å². The number of unbranched alkanes of at least 4 members (excludes halogenated alkanes) is 38. The molecule has 9 nitrogen and oxygen atoms in total. The molecule has 9 heteroatoms. The summed E-state index contributed by atoms with van der Waals surface area (Å²) in [5, 5.41) is 11.8. The Morgan fingerprint density at radius 1 is 0.373 bits per heavy atom. The van der Waals surface area contributed by atoms with Crippen molar-refractivity contribution in [2.45, 2.75) is 334 Å². The van der Waals surface area contributed by atoms with Crippen LogP contribution in [0.5, 0.6) is 0 Å². The summed E-state index contributed by atoms with van der Waals surface area (Å²) in [5.74, 6) is -2.26. The predicted molar refractivity (Wildman–Crippen MR) is 352 cm³/mol. The molecule has 0 saturated heterocycles. The zero-order valence-corrected chi connectivity index (χ0v) is 55.1. The highest BCUT2D eigenvalue weighted by atomic mass is 16.7. The highest BCUT2D eigenvalue weighted by Crippen LogP contribution is 2.18. The van der Waals surface area contributed by atoms with E-state index in [2.05, 4.69) is 86.8 Å². The first kappa shape index (κ1) is 79.7. The highest BCUT2D eigenvalue weighted by Gasteiger charge is 2.22. The number of allylic oxidation sites excluding steroid dienone is 12. The first-order valence-electron chi connectivity index (χ1n) is 35.1. The Kier molecular flexibility index (Phi) is 62.2. The third kappa shape index (κ3) is 66.1. The van der Waals surface area contributed by atoms with Gasteiger partial charge in [-0.1, -0.05) is 299 Å². The van der Waals surface area contributed by atoms with Gasteiger partial charge in [0.05, 0.1) is 40.3 Å². The maximum atomic E-state index is 12.9. The van der Waals surface area contributed by atoms with Crippen LogP contribution in [0.1, 0.15) is 322 Å². The molecule has 0 bridgehead atoms. The number of carbonyl (C=O) groups excluding carboxylic acids is 3. The number of carbonyl (C=O) groups is 3. The van der Waals surface area contributed by atoms with E-state index in [0.717, 1.165) is 64.2 Å². The molecule has 0 heterocycles. The molecule has 0 aromatic carbocycles. The minimum absolute atomic E-state index is 0.148. The number of aliphatic carboxylic acids is 1. The quantitative estimate of drug-likeness (QED) is 0.0195. The molecule has 0 aliphatic rings. The Morgan fingerprint density at radius 2 is 0.687 bits per heavy atom. The van der Waals surface area contributed by atoms with Gasteiger partial charge in [-0.2, -0.15) is 0 Å². The van der Waals surface area contributed by atoms with Gasteiger partial charge in [-0.25, -0.2) is 0 Å². The van der Waals surface area contributed by atoms with Crippen LogP contribution in [0, 0.1) is 0 Å². The Hall–Kier alpha value is -3.27. The van der Waals surface area contributed by atoms with E-state index in [9.17, 15) is 19.5 Å². The Morgan fingerprint density at radius 3 is 1.02 bits per heavy atom. The number of hydrogen-bond donors (Lipinski definition) is 0. The van der Waals surface area contributed by atoms with Crippen molar-refractivity contribution in [3.8, 4) is 0 Å². The molecule has 0 aromatic heterocycles. The molecular weight excluding hydrogens is 1030 g/mol. The van der Waals surface area contributed by atoms with Crippen LogP contribution in [-0.4, -0.2) is 82.3 Å². The molecule has 0 spiro atoms. The lowest BCUT2D eigenvalue weighted by atomic mass is 10.0. The minimum Gasteiger partial charge on any atom is -0.545 e. The summed E-state index contributed by atoms with van der Waals surface area (Å²) in [6.45, 7) is 4.67. The number of hydrogen-bond acceptors (Lipinski definition) is 8. The number of ether oxygens (including phenoxy) is 4. The minimum atomic E-state index is -1.62. The summed E-state index contributed by atoms with van der Waals surface area (Å²) in [4.78, 5) is 37.5. The van der Waals surface area contributed by atoms with E-state index >= 15 is 0 Å². The predicted octanol–water partition coefficient (Wildman–Crippen LogP) is 20.4. The number of nitrogens with zero attached hydrogens (tertiary/aromatic N) is 1. The molecule has 0 amide bonds. The summed E-state index contributed by atoms with van der Waals surface area (Å²) >= 11 is 0. The van der Waals surface area contributed by atoms with Crippen LogP contribution in [-0.2, 0) is 33.3 Å². The van der Waals surface area contributed by atoms with Crippen molar-refractivity contribution in [1.29, 1.82) is 0 Å². The summed E-state index contributed by atoms with van der Waals surface area (Å²) in [6.07, 6.45) is 82.7. The standard InChI is InChI=1S/C74H133NO8/c1-6-8-10-12-14-16-18-20-22-24-26-28-30-32-34-35-36-37-39-41-43-45-47-49-51-53-55-57-59-61-63-65-72(77)83-70(69-82-74(73(78)79)80-67-66-75(3,4)5)68-81-71(76)64-62-60-58-56-54-52-50-48-46-44-42-40-38-33-31-29-27-25-23-21-19-17-15-13-11-9-7-2/h8,10,14,16,19-22,25-28,70,74H,6-7,9,11-13,15,17-18,23-24,29-69H2,1-5H3/b10-8-,16-14-,21-19-,22-20-,27-25-,28-26-. The molecular formula is C74H133NO8. The maximum Gasteiger partial charge on any atom is 0.306 e. The first-order valence-corrected chi connectivity index (χ1v) is 35.1. The van der Waals surface area contributed by atoms with Crippen molar-refractivity contribution >= 4 is 17.9 Å². The third-order valence-electron chi connectivity index (χ3n) is 15.4. The van der Waals surface area contributed by atoms with E-state index in [1.165, 1.54) is 225 Å². The normalized spacial score (nSPS) is 13.1. The second-order valence-corrected chi connectivity index (χ2v) is 24.8. The van der Waals surface area contributed by atoms with E-state index in [-0.39, 0.29) is 32.2 Å². The SMILES string of the molecule is CC/C=C\C/C=C\C/C=C\C/C=C\CCCCCCCCCCCCCCCCCCCCC(=O)OC(COC(=O)CCCCCCCCCCCCCCCCC/C=C\C/C=C\CCCCCCC)COC(OCC[N+](C)(C)C)C(=O)[O-]. The number of carboxylic acids is 1. The molecule has 0 radical (unpaired) electrons. The zero-order chi connectivity index (χ0) is 60.5. The molecule has 0 rings (SSSR count). The molecule has 0 aliphatic heterocycles. The summed E-state index contributed by atoms with van der Waals surface area (Å²) < 4.78 is 22.8. The van der Waals surface area contributed by atoms with Crippen LogP contribution in [0.15, 0.2) is 72.9 Å². The van der Waals surface area contributed by atoms with Crippen molar-refractivity contribution in [3.63, 3.8) is 0 Å². The van der Waals surface area contributed by atoms with Gasteiger partial charge >= 0.3 is 11.9 Å². The number of carboxylic acid groups (broad SMARTS) is 1. The van der Waals surface area contributed by atoms with Crippen molar-refractivity contribution in [1.82, 2.24) is 0 Å². The topological polar surface area (TPSA) is 111 Å². The lowest BCUT2D eigenvalue weighted by Crippen LogP contribution is -2.44. The molecule has 0 aromatic rings. The van der Waals surface area contributed by atoms with Crippen molar-refractivity contribution < 1.29 is 42.9 Å². The van der Waals surface area contributed by atoms with Crippen molar-refractivity contribution in [2.75, 3.05) is 47.5 Å². The molecule has 0 fully saturated rings. The van der Waals surface area contributed by atoms with Crippen LogP contribution in [0.25, 0.3) is 0 Å². The fraction of sp³-hybridized carbons (Fsp3) is 0.797. The number of esters is 2. The number of likely N-dealkylation sites (N-methyl/N-ethyl adjacent to an activating group) is 1. The molecule has 0 saturated carbocycles. The monoisotopic (exact) mass is 1160 g/mol. The van der Waals surface area contributed by atoms with Gasteiger partial charge in [0.15, 0.2) is 12.4 Å². The van der Waals surface area contributed by atoms with Gasteiger partial charge in [0.25, 0.3) is 0 Å². The average Bonchev–Trinajstić information content (AvgIpc) is 3.46. The second kappa shape index (κ2) is 64.7. The summed E-state index contributed by atoms with van der Waals surface area (Å²) in [6, 6.07) is 0. The van der Waals surface area contributed by atoms with Crippen LogP contribution >= 0.6 is 0 Å². The maximum absolute atomic E-state index is 12.9. The van der Waals surface area contributed by atoms with E-state index in [1.807, 2.05) is 21.1 Å². The second-order valence-electron chi connectivity index (χ2n) is 24.8. The number of rotatable bonds is 65. The van der Waals surface area contributed by atoms with Gasteiger partial charge in [-0.3, -0.25) is 9.59 Å². The summed E-state index contributed by atoms with van der Waals surface area (Å²) in [7, 11) is 5.94. The lowest BCUT2D eigenvalue weighted by Gasteiger charge is -2.26. The fourth-order valence-electron chi connectivity index (χ4n) is 10.1. The van der Waals surface area contributed by atoms with E-state index < -0.39 is 24.3 Å². The van der Waals surface area contributed by atoms with Crippen LogP contribution in [0.2, 0.25) is 0 Å². The van der Waals surface area contributed by atoms with Crippen molar-refractivity contribution in [3.05, 3.63) is 72.9 Å². The number of quaternary nitrogens is 1. The van der Waals surface area contributed by atoms with E-state index in [4.69, 9.17) is 18.9 Å².